The maximum atomic E-state index is 12.7. The zero-order valence-corrected chi connectivity index (χ0v) is 40.0. The van der Waals surface area contributed by atoms with E-state index in [0.29, 0.717) is 47.9 Å². The monoisotopic (exact) mass is 987 g/mol. The van der Waals surface area contributed by atoms with Crippen molar-refractivity contribution in [2.45, 2.75) is 150 Å². The molecule has 4 fully saturated rings. The van der Waals surface area contributed by atoms with Crippen LogP contribution in [0.1, 0.15) is 90.6 Å². The summed E-state index contributed by atoms with van der Waals surface area (Å²) in [5.74, 6) is 2.70. The van der Waals surface area contributed by atoms with Crippen molar-refractivity contribution in [2.24, 2.45) is 0 Å². The summed E-state index contributed by atoms with van der Waals surface area (Å²) in [5.41, 5.74) is 6.09. The van der Waals surface area contributed by atoms with Crippen LogP contribution in [-0.2, 0) is 69.7 Å². The molecule has 6 N–H and O–H groups in total. The average molecular weight is 988 g/mol. The van der Waals surface area contributed by atoms with E-state index in [9.17, 15) is 40.2 Å². The fraction of sp³-hybridized carbons (Fsp3) is 0.544. The number of benzene rings is 3. The second-order valence-electron chi connectivity index (χ2n) is 22.0. The van der Waals surface area contributed by atoms with Crippen LogP contribution in [0.3, 0.4) is 0 Å². The number of nitrogens with zero attached hydrogens (tertiary/aromatic N) is 3. The number of carbonyl (C=O) groups excluding carboxylic acids is 2. The highest BCUT2D eigenvalue weighted by Gasteiger charge is 2.76. The molecule has 1 unspecified atom stereocenters. The van der Waals surface area contributed by atoms with E-state index in [1.54, 1.807) is 13.2 Å². The van der Waals surface area contributed by atoms with E-state index < -0.39 is 40.3 Å². The number of hydrogen-bond acceptors (Lipinski definition) is 15. The number of likely N-dealkylation sites (tertiary alicyclic amines) is 3. The molecule has 15 heteroatoms. The van der Waals surface area contributed by atoms with Crippen molar-refractivity contribution in [3.05, 3.63) is 122 Å². The van der Waals surface area contributed by atoms with Gasteiger partial charge in [0, 0.05) is 57.9 Å². The lowest BCUT2D eigenvalue weighted by Gasteiger charge is -2.63. The molecule has 0 amide bonds. The fourth-order valence-electron chi connectivity index (χ4n) is 16.2. The van der Waals surface area contributed by atoms with Crippen LogP contribution in [0, 0.1) is 0 Å². The number of ketones is 2. The van der Waals surface area contributed by atoms with E-state index in [1.165, 1.54) is 22.8 Å². The van der Waals surface area contributed by atoms with Crippen LogP contribution in [0.15, 0.2) is 72.0 Å². The molecule has 384 valence electrons. The van der Waals surface area contributed by atoms with Crippen molar-refractivity contribution in [3.63, 3.8) is 0 Å². The lowest BCUT2D eigenvalue weighted by Crippen LogP contribution is -2.80. The predicted octanol–water partition coefficient (Wildman–Crippen LogP) is 2.99. The van der Waals surface area contributed by atoms with Gasteiger partial charge in [-0.25, -0.2) is 0 Å². The maximum absolute atomic E-state index is 12.7. The quantitative estimate of drug-likeness (QED) is 0.223. The molecule has 6 bridgehead atoms. The van der Waals surface area contributed by atoms with E-state index in [2.05, 4.69) is 40.0 Å². The Balaban J connectivity index is 0.000000115. The first-order valence-corrected chi connectivity index (χ1v) is 24.9. The van der Waals surface area contributed by atoms with Gasteiger partial charge in [-0.1, -0.05) is 57.3 Å². The summed E-state index contributed by atoms with van der Waals surface area (Å²) in [6, 6.07) is 12.0. The Hall–Kier alpha value is -4.94. The Morgan fingerprint density at radius 2 is 1.17 bits per heavy atom. The van der Waals surface area contributed by atoms with Gasteiger partial charge in [0.1, 0.15) is 34.2 Å². The predicted molar refractivity (Wildman–Crippen MR) is 266 cm³/mol. The molecule has 15 rings (SSSR count). The topological polar surface area (TPSA) is 202 Å². The van der Waals surface area contributed by atoms with Gasteiger partial charge >= 0.3 is 0 Å². The molecule has 3 spiro atoms. The Kier molecular flexibility index (Phi) is 11.3. The van der Waals surface area contributed by atoms with Crippen molar-refractivity contribution < 1.29 is 59.2 Å². The highest BCUT2D eigenvalue weighted by atomic mass is 16.5. The van der Waals surface area contributed by atoms with Crippen LogP contribution in [0.4, 0.5) is 0 Å². The van der Waals surface area contributed by atoms with Crippen molar-refractivity contribution in [3.8, 4) is 17.2 Å². The molecule has 72 heavy (non-hydrogen) atoms. The Bertz CT molecular complexity index is 2920. The van der Waals surface area contributed by atoms with Crippen LogP contribution in [0.25, 0.3) is 0 Å². The number of hydrogen-bond donors (Lipinski definition) is 6. The van der Waals surface area contributed by atoms with Gasteiger partial charge in [0.05, 0.1) is 49.3 Å². The zero-order valence-electron chi connectivity index (χ0n) is 40.0. The molecule has 3 saturated heterocycles. The second-order valence-corrected chi connectivity index (χ2v) is 22.0. The molecule has 6 aliphatic heterocycles. The first-order chi connectivity index (χ1) is 33.7. The van der Waals surface area contributed by atoms with Gasteiger partial charge in [0.2, 0.25) is 0 Å². The molecular formula is C57H69N3O12. The summed E-state index contributed by atoms with van der Waals surface area (Å²) in [6.45, 7) is 2.31. The van der Waals surface area contributed by atoms with Crippen molar-refractivity contribution in [2.75, 3.05) is 47.9 Å². The van der Waals surface area contributed by atoms with Crippen molar-refractivity contribution in [1.29, 1.82) is 0 Å². The summed E-state index contributed by atoms with van der Waals surface area (Å²) in [7, 11) is 7.92. The van der Waals surface area contributed by atoms with Crippen LogP contribution >= 0.6 is 0 Å². The summed E-state index contributed by atoms with van der Waals surface area (Å²) in [6.07, 6.45) is 9.35. The third-order valence-corrected chi connectivity index (χ3v) is 19.5. The number of aliphatic hydroxyl groups excluding tert-OH is 4. The number of ether oxygens (including phenoxy) is 4. The molecule has 6 heterocycles. The molecule has 12 aliphatic rings. The number of allylic oxidation sites excluding steroid dienone is 2. The van der Waals surface area contributed by atoms with E-state index in [1.807, 2.05) is 44.4 Å². The van der Waals surface area contributed by atoms with Crippen LogP contribution in [-0.4, -0.2) is 159 Å². The Morgan fingerprint density at radius 3 is 1.79 bits per heavy atom. The minimum absolute atomic E-state index is 0. The molecule has 3 aromatic rings. The van der Waals surface area contributed by atoms with Gasteiger partial charge in [-0.15, -0.1) is 0 Å². The van der Waals surface area contributed by atoms with Gasteiger partial charge in [0.25, 0.3) is 0 Å². The van der Waals surface area contributed by atoms with Gasteiger partial charge in [-0.2, -0.15) is 0 Å². The smallest absolute Gasteiger partial charge is 0.196 e. The number of methoxy groups -OCH3 is 1. The van der Waals surface area contributed by atoms with E-state index in [0.717, 1.165) is 78.2 Å². The van der Waals surface area contributed by atoms with Gasteiger partial charge in [0.15, 0.2) is 29.9 Å². The molecule has 15 nitrogen and oxygen atoms in total. The third-order valence-electron chi connectivity index (χ3n) is 19.5. The number of rotatable bonds is 4. The van der Waals surface area contributed by atoms with E-state index in [-0.39, 0.29) is 76.3 Å². The zero-order chi connectivity index (χ0) is 48.6. The Labute approximate surface area is 420 Å². The highest BCUT2D eigenvalue weighted by molar-refractivity contribution is 5.99. The number of aliphatic hydroxyl groups is 6. The minimum Gasteiger partial charge on any atom is -0.497 e. The Morgan fingerprint density at radius 1 is 0.639 bits per heavy atom. The highest BCUT2D eigenvalue weighted by Crippen LogP contribution is 2.66. The van der Waals surface area contributed by atoms with Gasteiger partial charge < -0.3 is 54.5 Å². The van der Waals surface area contributed by atoms with Gasteiger partial charge in [-0.3, -0.25) is 19.4 Å². The van der Waals surface area contributed by atoms with Crippen molar-refractivity contribution in [1.82, 2.24) is 14.7 Å². The summed E-state index contributed by atoms with van der Waals surface area (Å²) >= 11 is 0. The standard InChI is InChI=1S/C19H21NO3.C18H21NO5.C18H19NO4.2CH4/c1-20-8-7-19-13-5-6-15(22-2)18(19)23-17-12(10-21)4-3-11(16(17)19)9-14(13)20;1-19-5-4-17-14-9-2-3-10(8-20)15(14)24-16(17)11(21)7-13(22)18(17,23)12(19)6-9;1-19-7-6-17-14-10-2-3-11(9-20)15(14)23-16(17)12(21)4-5-18(17,22)13(19)8-10;;/h3-6,14,18,21H,7-10H2,1-2H3;2-3,12-13,16,20,22-23H,4-8H2,1H3;2-5,13,16,20,22H,6-9H2,1H3;2*1H4/t14-,18+,19+;12-,13?,16+,17+,18+;13-,16+,17+,18-;;/m111../s1. The average Bonchev–Trinajstić information content (AvgIpc) is 4.03. The molecule has 1 saturated carbocycles. The van der Waals surface area contributed by atoms with Crippen LogP contribution in [0.2, 0.25) is 0 Å². The number of carbonyl (C=O) groups is 2. The molecule has 0 aromatic heterocycles. The lowest BCUT2D eigenvalue weighted by atomic mass is 9.48. The molecule has 12 atom stereocenters. The van der Waals surface area contributed by atoms with E-state index in [4.69, 9.17) is 18.9 Å². The largest absolute Gasteiger partial charge is 0.497 e. The van der Waals surface area contributed by atoms with Crippen LogP contribution < -0.4 is 14.2 Å². The second kappa shape index (κ2) is 16.5. The van der Waals surface area contributed by atoms with E-state index >= 15 is 0 Å². The summed E-state index contributed by atoms with van der Waals surface area (Å²) in [4.78, 5) is 32.0. The number of likely N-dealkylation sites (N-methyl/N-ethyl adjacent to an activating group) is 3. The number of Topliss-reactive ketones (excluding diaryl/α,β-unsaturated/α-hetero) is 1. The normalized spacial score (nSPS) is 37.7. The number of piperidine rings is 3. The molecular weight excluding hydrogens is 919 g/mol. The molecule has 3 aromatic carbocycles. The SMILES string of the molecule is C.C.CN1CC[C@]23c4c5ccc(CO)c4O[C@H]2C(=O)C=C[C@@]3(O)[C@H]1C5.CN1CC[C@]23c4c5ccc(CO)c4O[C@H]2C(=O)CC(O)[C@@]3(O)[C@H]1C5.COC1=CC=C2[C@H]3Cc4ccc(CO)c5c4[C@@]2(CCN3C)[C@H]1O5. The van der Waals surface area contributed by atoms with Crippen molar-refractivity contribution >= 4 is 11.6 Å². The maximum Gasteiger partial charge on any atom is 0.196 e. The van der Waals surface area contributed by atoms with Crippen LogP contribution in [0.5, 0.6) is 17.2 Å². The fourth-order valence-corrected chi connectivity index (χ4v) is 16.2. The first kappa shape index (κ1) is 49.3. The molecule has 0 radical (unpaired) electrons. The summed E-state index contributed by atoms with van der Waals surface area (Å²) in [5, 5.41) is 63.2. The lowest BCUT2D eigenvalue weighted by molar-refractivity contribution is -0.226. The third kappa shape index (κ3) is 5.67. The van der Waals surface area contributed by atoms with Gasteiger partial charge in [-0.05, 0) is 120 Å². The molecule has 6 aliphatic carbocycles. The summed E-state index contributed by atoms with van der Waals surface area (Å²) < 4.78 is 24.2. The first-order valence-electron chi connectivity index (χ1n) is 24.9. The minimum atomic E-state index is -1.41.